The summed E-state index contributed by atoms with van der Waals surface area (Å²) in [7, 11) is 1.54. The predicted octanol–water partition coefficient (Wildman–Crippen LogP) is 4.26. The molecule has 0 aliphatic rings. The summed E-state index contributed by atoms with van der Waals surface area (Å²) in [5, 5.41) is 8.28. The van der Waals surface area contributed by atoms with Crippen LogP contribution in [0.5, 0.6) is 11.5 Å². The van der Waals surface area contributed by atoms with E-state index in [4.69, 9.17) is 9.47 Å². The number of aryl methyl sites for hydroxylation is 1. The Bertz CT molecular complexity index is 1480. The number of ether oxygens (including phenoxy) is 2. The molecule has 0 saturated carbocycles. The minimum Gasteiger partial charge on any atom is -0.497 e. The second-order valence-corrected chi connectivity index (χ2v) is 8.16. The molecule has 0 aromatic heterocycles. The molecule has 8 heteroatoms. The van der Waals surface area contributed by atoms with Crippen LogP contribution in [0.25, 0.3) is 10.8 Å². The molecular weight excluding hydrogens is 470 g/mol. The SMILES string of the molecule is COc1ccc(C(=O)NCC(=O)N/N=C\c2c(OC(=O)c3cccc(C)c3)ccc3ccccc23)cc1. The van der Waals surface area contributed by atoms with Crippen LogP contribution >= 0.6 is 0 Å². The lowest BCUT2D eigenvalue weighted by atomic mass is 10.0. The van der Waals surface area contributed by atoms with Crippen LogP contribution in [0.1, 0.15) is 31.8 Å². The third-order valence-corrected chi connectivity index (χ3v) is 5.53. The van der Waals surface area contributed by atoms with Crippen molar-refractivity contribution in [2.45, 2.75) is 6.92 Å². The van der Waals surface area contributed by atoms with Gasteiger partial charge in [0.25, 0.3) is 11.8 Å². The van der Waals surface area contributed by atoms with Crippen molar-refractivity contribution < 1.29 is 23.9 Å². The molecule has 186 valence electrons. The number of esters is 1. The molecular formula is C29H25N3O5. The molecule has 0 spiro atoms. The number of benzene rings is 4. The van der Waals surface area contributed by atoms with Gasteiger partial charge in [-0.25, -0.2) is 10.2 Å². The van der Waals surface area contributed by atoms with Crippen LogP contribution in [0.15, 0.2) is 90.0 Å². The summed E-state index contributed by atoms with van der Waals surface area (Å²) >= 11 is 0. The Morgan fingerprint density at radius 3 is 2.43 bits per heavy atom. The number of carbonyl (C=O) groups excluding carboxylic acids is 3. The summed E-state index contributed by atoms with van der Waals surface area (Å²) < 4.78 is 10.8. The smallest absolute Gasteiger partial charge is 0.343 e. The molecule has 8 nitrogen and oxygen atoms in total. The molecule has 4 aromatic rings. The van der Waals surface area contributed by atoms with Gasteiger partial charge in [0.05, 0.1) is 25.4 Å². The highest BCUT2D eigenvalue weighted by Crippen LogP contribution is 2.27. The van der Waals surface area contributed by atoms with E-state index in [1.807, 2.05) is 43.3 Å². The number of hydrogen-bond donors (Lipinski definition) is 2. The van der Waals surface area contributed by atoms with E-state index in [0.29, 0.717) is 28.2 Å². The average molecular weight is 496 g/mol. The van der Waals surface area contributed by atoms with Crippen LogP contribution in [0.2, 0.25) is 0 Å². The first-order valence-corrected chi connectivity index (χ1v) is 11.5. The fraction of sp³-hybridized carbons (Fsp3) is 0.103. The lowest BCUT2D eigenvalue weighted by molar-refractivity contribution is -0.120. The van der Waals surface area contributed by atoms with Gasteiger partial charge in [0, 0.05) is 11.1 Å². The molecule has 0 bridgehead atoms. The number of fused-ring (bicyclic) bond motifs is 1. The minimum atomic E-state index is -0.517. The van der Waals surface area contributed by atoms with E-state index in [0.717, 1.165) is 16.3 Å². The zero-order valence-corrected chi connectivity index (χ0v) is 20.4. The van der Waals surface area contributed by atoms with Crippen molar-refractivity contribution in [2.24, 2.45) is 5.10 Å². The molecule has 0 atom stereocenters. The largest absolute Gasteiger partial charge is 0.497 e. The van der Waals surface area contributed by atoms with Gasteiger partial charge in [0.1, 0.15) is 11.5 Å². The van der Waals surface area contributed by atoms with Crippen molar-refractivity contribution in [3.8, 4) is 11.5 Å². The van der Waals surface area contributed by atoms with Gasteiger partial charge in [0.2, 0.25) is 0 Å². The van der Waals surface area contributed by atoms with Gasteiger partial charge >= 0.3 is 5.97 Å². The highest BCUT2D eigenvalue weighted by Gasteiger charge is 2.14. The number of carbonyl (C=O) groups is 3. The van der Waals surface area contributed by atoms with Gasteiger partial charge in [-0.1, -0.05) is 48.0 Å². The van der Waals surface area contributed by atoms with E-state index in [-0.39, 0.29) is 6.54 Å². The van der Waals surface area contributed by atoms with Crippen molar-refractivity contribution in [1.82, 2.24) is 10.7 Å². The summed E-state index contributed by atoms with van der Waals surface area (Å²) in [5.41, 5.74) is 4.69. The Balaban J connectivity index is 1.45. The van der Waals surface area contributed by atoms with Crippen LogP contribution in [-0.4, -0.2) is 37.7 Å². The number of amides is 2. The second-order valence-electron chi connectivity index (χ2n) is 8.16. The van der Waals surface area contributed by atoms with Gasteiger partial charge in [-0.3, -0.25) is 9.59 Å². The molecule has 0 saturated heterocycles. The molecule has 0 heterocycles. The first kappa shape index (κ1) is 25.1. The summed E-state index contributed by atoms with van der Waals surface area (Å²) in [4.78, 5) is 37.3. The molecule has 37 heavy (non-hydrogen) atoms. The van der Waals surface area contributed by atoms with Crippen molar-refractivity contribution in [3.63, 3.8) is 0 Å². The number of hydrogen-bond acceptors (Lipinski definition) is 6. The predicted molar refractivity (Wildman–Crippen MR) is 141 cm³/mol. The fourth-order valence-corrected chi connectivity index (χ4v) is 3.64. The lowest BCUT2D eigenvalue weighted by Crippen LogP contribution is -2.34. The molecule has 0 unspecified atom stereocenters. The molecule has 0 fully saturated rings. The number of hydrazone groups is 1. The third kappa shape index (κ3) is 6.37. The van der Waals surface area contributed by atoms with Crippen molar-refractivity contribution >= 4 is 34.8 Å². The van der Waals surface area contributed by atoms with Gasteiger partial charge < -0.3 is 14.8 Å². The van der Waals surface area contributed by atoms with Gasteiger partial charge in [-0.2, -0.15) is 5.10 Å². The average Bonchev–Trinajstić information content (AvgIpc) is 2.92. The summed E-state index contributed by atoms with van der Waals surface area (Å²) in [5.74, 6) is -0.492. The highest BCUT2D eigenvalue weighted by molar-refractivity contribution is 6.04. The Labute approximate surface area is 213 Å². The summed E-state index contributed by atoms with van der Waals surface area (Å²) in [6.07, 6.45) is 1.42. The molecule has 0 aliphatic carbocycles. The van der Waals surface area contributed by atoms with Crippen LogP contribution < -0.4 is 20.2 Å². The first-order chi connectivity index (χ1) is 17.9. The topological polar surface area (TPSA) is 106 Å². The maximum absolute atomic E-state index is 12.8. The zero-order chi connectivity index (χ0) is 26.2. The Morgan fingerprint density at radius 1 is 0.892 bits per heavy atom. The van der Waals surface area contributed by atoms with Gasteiger partial charge in [0.15, 0.2) is 0 Å². The number of rotatable bonds is 8. The zero-order valence-electron chi connectivity index (χ0n) is 20.4. The van der Waals surface area contributed by atoms with Gasteiger partial charge in [-0.15, -0.1) is 0 Å². The third-order valence-electron chi connectivity index (χ3n) is 5.53. The van der Waals surface area contributed by atoms with E-state index in [2.05, 4.69) is 15.8 Å². The standard InChI is InChI=1S/C29H25N3O5/c1-19-6-5-8-22(16-19)29(35)37-26-15-12-20-7-3-4-9-24(20)25(26)17-31-32-27(33)18-30-28(34)21-10-13-23(36-2)14-11-21/h3-17H,18H2,1-2H3,(H,30,34)(H,32,33)/b31-17-. The summed E-state index contributed by atoms with van der Waals surface area (Å²) in [6.45, 7) is 1.62. The van der Waals surface area contributed by atoms with Gasteiger partial charge in [-0.05, 0) is 60.2 Å². The van der Waals surface area contributed by atoms with Crippen molar-refractivity contribution in [2.75, 3.05) is 13.7 Å². The maximum Gasteiger partial charge on any atom is 0.343 e. The van der Waals surface area contributed by atoms with Crippen LogP contribution in [-0.2, 0) is 4.79 Å². The molecule has 4 rings (SSSR count). The molecule has 0 radical (unpaired) electrons. The van der Waals surface area contributed by atoms with E-state index >= 15 is 0 Å². The molecule has 4 aromatic carbocycles. The quantitative estimate of drug-likeness (QED) is 0.164. The maximum atomic E-state index is 12.8. The number of nitrogens with one attached hydrogen (secondary N) is 2. The molecule has 2 N–H and O–H groups in total. The fourth-order valence-electron chi connectivity index (χ4n) is 3.64. The van der Waals surface area contributed by atoms with Crippen LogP contribution in [0.3, 0.4) is 0 Å². The number of nitrogens with zero attached hydrogens (tertiary/aromatic N) is 1. The van der Waals surface area contributed by atoms with Crippen LogP contribution in [0.4, 0.5) is 0 Å². The van der Waals surface area contributed by atoms with E-state index in [1.54, 1.807) is 48.5 Å². The van der Waals surface area contributed by atoms with Crippen molar-refractivity contribution in [1.29, 1.82) is 0 Å². The normalized spacial score (nSPS) is 10.8. The van der Waals surface area contributed by atoms with E-state index in [1.165, 1.54) is 13.3 Å². The van der Waals surface area contributed by atoms with E-state index in [9.17, 15) is 14.4 Å². The monoisotopic (exact) mass is 495 g/mol. The Kier molecular flexibility index (Phi) is 7.90. The number of methoxy groups -OCH3 is 1. The second kappa shape index (κ2) is 11.6. The summed E-state index contributed by atoms with van der Waals surface area (Å²) in [6, 6.07) is 24.7. The first-order valence-electron chi connectivity index (χ1n) is 11.5. The van der Waals surface area contributed by atoms with Crippen molar-refractivity contribution in [3.05, 3.63) is 107 Å². The highest BCUT2D eigenvalue weighted by atomic mass is 16.5. The van der Waals surface area contributed by atoms with E-state index < -0.39 is 17.8 Å². The lowest BCUT2D eigenvalue weighted by Gasteiger charge is -2.11. The Hall–Kier alpha value is -4.98. The Morgan fingerprint density at radius 2 is 1.68 bits per heavy atom. The molecule has 2 amide bonds. The molecule has 0 aliphatic heterocycles. The minimum absolute atomic E-state index is 0.271. The van der Waals surface area contributed by atoms with Crippen LogP contribution in [0, 0.1) is 6.92 Å².